The zero-order valence-corrected chi connectivity index (χ0v) is 13.5. The van der Waals surface area contributed by atoms with Gasteiger partial charge in [0, 0.05) is 12.8 Å². The first kappa shape index (κ1) is 17.9. The molecule has 3 nitrogen and oxygen atoms in total. The van der Waals surface area contributed by atoms with Crippen LogP contribution in [0, 0.1) is 11.7 Å². The summed E-state index contributed by atoms with van der Waals surface area (Å²) in [5.41, 5.74) is 1.90. The number of carbonyl (C=O) groups is 2. The van der Waals surface area contributed by atoms with Gasteiger partial charge in [-0.1, -0.05) is 42.5 Å². The van der Waals surface area contributed by atoms with Crippen LogP contribution in [0.3, 0.4) is 0 Å². The normalized spacial score (nSPS) is 11.9. The van der Waals surface area contributed by atoms with Crippen LogP contribution in [0.25, 0.3) is 0 Å². The molecule has 0 unspecified atom stereocenters. The van der Waals surface area contributed by atoms with Gasteiger partial charge in [0.05, 0.1) is 5.92 Å². The van der Waals surface area contributed by atoms with Gasteiger partial charge in [-0.05, 0) is 42.5 Å². The number of benzene rings is 2. The molecule has 4 heteroatoms. The van der Waals surface area contributed by atoms with E-state index in [0.717, 1.165) is 11.1 Å². The highest BCUT2D eigenvalue weighted by Gasteiger charge is 2.21. The summed E-state index contributed by atoms with van der Waals surface area (Å²) in [5.74, 6) is -1.95. The average molecular weight is 328 g/mol. The number of hydrogen-bond donors (Lipinski definition) is 1. The lowest BCUT2D eigenvalue weighted by atomic mass is 9.92. The SMILES string of the molecule is O=C(CCCc1ccc(F)cc1)C[C@@H](Cc1ccccc1)C(=O)O. The van der Waals surface area contributed by atoms with Crippen molar-refractivity contribution in [3.63, 3.8) is 0 Å². The van der Waals surface area contributed by atoms with E-state index in [1.165, 1.54) is 12.1 Å². The van der Waals surface area contributed by atoms with Crippen molar-refractivity contribution in [3.8, 4) is 0 Å². The molecule has 0 saturated carbocycles. The standard InChI is InChI=1S/C20H21FO3/c21-18-11-9-15(10-12-18)7-4-8-19(22)14-17(20(23)24)13-16-5-2-1-3-6-16/h1-3,5-6,9-12,17H,4,7-8,13-14H2,(H,23,24)/t17-/m1/s1. The fraction of sp³-hybridized carbons (Fsp3) is 0.300. The number of carbonyl (C=O) groups excluding carboxylic acids is 1. The molecule has 0 aromatic heterocycles. The summed E-state index contributed by atoms with van der Waals surface area (Å²) in [6.07, 6.45) is 2.08. The van der Waals surface area contributed by atoms with Crippen molar-refractivity contribution in [1.82, 2.24) is 0 Å². The minimum atomic E-state index is -0.939. The van der Waals surface area contributed by atoms with E-state index in [4.69, 9.17) is 0 Å². The van der Waals surface area contributed by atoms with Crippen LogP contribution in [0.1, 0.15) is 30.4 Å². The molecule has 0 fully saturated rings. The minimum Gasteiger partial charge on any atom is -0.481 e. The fourth-order valence-corrected chi connectivity index (χ4v) is 2.66. The lowest BCUT2D eigenvalue weighted by molar-refractivity contribution is -0.143. The zero-order chi connectivity index (χ0) is 17.4. The second kappa shape index (κ2) is 8.96. The summed E-state index contributed by atoms with van der Waals surface area (Å²) >= 11 is 0. The number of aryl methyl sites for hydroxylation is 1. The van der Waals surface area contributed by atoms with Gasteiger partial charge >= 0.3 is 5.97 Å². The van der Waals surface area contributed by atoms with E-state index >= 15 is 0 Å². The number of hydrogen-bond acceptors (Lipinski definition) is 2. The number of carboxylic acid groups (broad SMARTS) is 1. The van der Waals surface area contributed by atoms with Gasteiger partial charge in [0.2, 0.25) is 0 Å². The Bertz CT molecular complexity index is 665. The Morgan fingerprint density at radius 2 is 1.62 bits per heavy atom. The highest BCUT2D eigenvalue weighted by atomic mass is 19.1. The summed E-state index contributed by atoms with van der Waals surface area (Å²) in [7, 11) is 0. The van der Waals surface area contributed by atoms with Crippen molar-refractivity contribution >= 4 is 11.8 Å². The van der Waals surface area contributed by atoms with Crippen LogP contribution in [-0.4, -0.2) is 16.9 Å². The zero-order valence-electron chi connectivity index (χ0n) is 13.5. The van der Waals surface area contributed by atoms with Gasteiger partial charge in [0.1, 0.15) is 11.6 Å². The molecule has 0 aliphatic rings. The molecule has 24 heavy (non-hydrogen) atoms. The number of carboxylic acids is 1. The van der Waals surface area contributed by atoms with Gasteiger partial charge in [0.15, 0.2) is 0 Å². The maximum atomic E-state index is 12.8. The molecule has 0 radical (unpaired) electrons. The Kier molecular flexibility index (Phi) is 6.67. The number of rotatable bonds is 9. The van der Waals surface area contributed by atoms with Crippen LogP contribution in [0.5, 0.6) is 0 Å². The number of Topliss-reactive ketones (excluding diaryl/α,β-unsaturated/α-hetero) is 1. The van der Waals surface area contributed by atoms with E-state index in [1.54, 1.807) is 12.1 Å². The molecule has 1 atom stereocenters. The Morgan fingerprint density at radius 1 is 0.958 bits per heavy atom. The molecule has 2 aromatic carbocycles. The van der Waals surface area contributed by atoms with Crippen molar-refractivity contribution in [2.45, 2.75) is 32.1 Å². The van der Waals surface area contributed by atoms with E-state index in [1.807, 2.05) is 30.3 Å². The van der Waals surface area contributed by atoms with E-state index in [9.17, 15) is 19.1 Å². The topological polar surface area (TPSA) is 54.4 Å². The van der Waals surface area contributed by atoms with Crippen molar-refractivity contribution in [2.24, 2.45) is 5.92 Å². The predicted octanol–water partition coefficient (Wildman–Crippen LogP) is 4.05. The lowest BCUT2D eigenvalue weighted by Gasteiger charge is -2.11. The summed E-state index contributed by atoms with van der Waals surface area (Å²) in [6, 6.07) is 15.5. The third-order valence-corrected chi connectivity index (χ3v) is 3.98. The van der Waals surface area contributed by atoms with Crippen molar-refractivity contribution in [1.29, 1.82) is 0 Å². The van der Waals surface area contributed by atoms with Crippen LogP contribution in [0.15, 0.2) is 54.6 Å². The summed E-state index contributed by atoms with van der Waals surface area (Å²) < 4.78 is 12.8. The number of halogens is 1. The summed E-state index contributed by atoms with van der Waals surface area (Å²) in [5, 5.41) is 9.33. The molecule has 2 aromatic rings. The lowest BCUT2D eigenvalue weighted by Crippen LogP contribution is -2.20. The van der Waals surface area contributed by atoms with Crippen LogP contribution in [0.2, 0.25) is 0 Å². The molecule has 0 saturated heterocycles. The van der Waals surface area contributed by atoms with E-state index in [-0.39, 0.29) is 18.0 Å². The molecule has 0 heterocycles. The fourth-order valence-electron chi connectivity index (χ4n) is 2.66. The second-order valence-electron chi connectivity index (χ2n) is 5.95. The van der Waals surface area contributed by atoms with Gasteiger partial charge < -0.3 is 5.11 Å². The Hall–Kier alpha value is -2.49. The molecular weight excluding hydrogens is 307 g/mol. The Balaban J connectivity index is 1.80. The second-order valence-corrected chi connectivity index (χ2v) is 5.95. The molecule has 0 amide bonds. The molecule has 0 aliphatic heterocycles. The van der Waals surface area contributed by atoms with Crippen LogP contribution < -0.4 is 0 Å². The van der Waals surface area contributed by atoms with E-state index in [0.29, 0.717) is 25.7 Å². The molecule has 2 rings (SSSR count). The van der Waals surface area contributed by atoms with Crippen LogP contribution in [0.4, 0.5) is 4.39 Å². The average Bonchev–Trinajstić information content (AvgIpc) is 2.57. The first-order valence-electron chi connectivity index (χ1n) is 8.07. The molecular formula is C20H21FO3. The van der Waals surface area contributed by atoms with Gasteiger partial charge in [-0.3, -0.25) is 9.59 Å². The predicted molar refractivity (Wildman–Crippen MR) is 90.2 cm³/mol. The summed E-state index contributed by atoms with van der Waals surface area (Å²) in [4.78, 5) is 23.4. The number of ketones is 1. The first-order chi connectivity index (χ1) is 11.5. The minimum absolute atomic E-state index is 0.0413. The van der Waals surface area contributed by atoms with Crippen molar-refractivity contribution in [2.75, 3.05) is 0 Å². The van der Waals surface area contributed by atoms with Crippen molar-refractivity contribution in [3.05, 3.63) is 71.5 Å². The van der Waals surface area contributed by atoms with Crippen LogP contribution >= 0.6 is 0 Å². The van der Waals surface area contributed by atoms with E-state index in [2.05, 4.69) is 0 Å². The highest BCUT2D eigenvalue weighted by Crippen LogP contribution is 2.15. The van der Waals surface area contributed by atoms with Gasteiger partial charge in [-0.25, -0.2) is 4.39 Å². The van der Waals surface area contributed by atoms with Crippen LogP contribution in [-0.2, 0) is 22.4 Å². The van der Waals surface area contributed by atoms with E-state index < -0.39 is 11.9 Å². The largest absolute Gasteiger partial charge is 0.481 e. The third kappa shape index (κ3) is 5.95. The smallest absolute Gasteiger partial charge is 0.307 e. The van der Waals surface area contributed by atoms with Gasteiger partial charge in [-0.15, -0.1) is 0 Å². The molecule has 126 valence electrons. The number of aliphatic carboxylic acids is 1. The summed E-state index contributed by atoms with van der Waals surface area (Å²) in [6.45, 7) is 0. The Labute approximate surface area is 141 Å². The first-order valence-corrected chi connectivity index (χ1v) is 8.07. The molecule has 1 N–H and O–H groups in total. The van der Waals surface area contributed by atoms with Gasteiger partial charge in [-0.2, -0.15) is 0 Å². The molecule has 0 aliphatic carbocycles. The maximum Gasteiger partial charge on any atom is 0.307 e. The van der Waals surface area contributed by atoms with Gasteiger partial charge in [0.25, 0.3) is 0 Å². The third-order valence-electron chi connectivity index (χ3n) is 3.98. The monoisotopic (exact) mass is 328 g/mol. The molecule has 0 bridgehead atoms. The maximum absolute atomic E-state index is 12.8. The quantitative estimate of drug-likeness (QED) is 0.755. The van der Waals surface area contributed by atoms with Crippen molar-refractivity contribution < 1.29 is 19.1 Å². The Morgan fingerprint density at radius 3 is 2.25 bits per heavy atom. The highest BCUT2D eigenvalue weighted by molar-refractivity contribution is 5.83. The molecule has 0 spiro atoms.